The number of carbonyl (C=O) groups excluding carboxylic acids is 3. The molecule has 1 aromatic carbocycles. The highest BCUT2D eigenvalue weighted by molar-refractivity contribution is 9.10. The van der Waals surface area contributed by atoms with Crippen molar-refractivity contribution in [2.24, 2.45) is 0 Å². The number of hydrogen-bond acceptors (Lipinski definition) is 3. The van der Waals surface area contributed by atoms with Crippen molar-refractivity contribution < 1.29 is 14.4 Å². The molecule has 0 aromatic heterocycles. The third kappa shape index (κ3) is 2.59. The van der Waals surface area contributed by atoms with Crippen molar-refractivity contribution in [2.45, 2.75) is 0 Å². The van der Waals surface area contributed by atoms with Crippen LogP contribution in [0.5, 0.6) is 0 Å². The molecular weight excluding hydrogens is 288 g/mol. The van der Waals surface area contributed by atoms with E-state index in [-0.39, 0.29) is 11.5 Å². The number of ketones is 1. The molecule has 1 aromatic rings. The topological polar surface area (TPSA) is 75.3 Å². The van der Waals surface area contributed by atoms with Crippen molar-refractivity contribution in [2.75, 3.05) is 0 Å². The van der Waals surface area contributed by atoms with Gasteiger partial charge in [-0.25, -0.2) is 4.79 Å². The minimum absolute atomic E-state index is 0.0390. The molecule has 1 aliphatic rings. The average molecular weight is 295 g/mol. The highest BCUT2D eigenvalue weighted by Gasteiger charge is 2.23. The van der Waals surface area contributed by atoms with Crippen LogP contribution < -0.4 is 10.6 Å². The fourth-order valence-electron chi connectivity index (χ4n) is 1.31. The van der Waals surface area contributed by atoms with Crippen LogP contribution in [0, 0.1) is 0 Å². The summed E-state index contributed by atoms with van der Waals surface area (Å²) >= 11 is 3.25. The zero-order valence-electron chi connectivity index (χ0n) is 8.49. The number of nitrogens with one attached hydrogen (secondary N) is 2. The van der Waals surface area contributed by atoms with Crippen molar-refractivity contribution in [1.82, 2.24) is 10.6 Å². The lowest BCUT2D eigenvalue weighted by Crippen LogP contribution is -2.22. The number of halogens is 1. The highest BCUT2D eigenvalue weighted by atomic mass is 79.9. The van der Waals surface area contributed by atoms with Crippen LogP contribution in [-0.4, -0.2) is 17.7 Å². The van der Waals surface area contributed by atoms with Crippen LogP contribution in [0.15, 0.2) is 40.5 Å². The maximum absolute atomic E-state index is 11.7. The van der Waals surface area contributed by atoms with Crippen LogP contribution in [-0.2, 0) is 4.79 Å². The van der Waals surface area contributed by atoms with E-state index in [1.54, 1.807) is 24.3 Å². The average Bonchev–Trinajstić information content (AvgIpc) is 2.58. The van der Waals surface area contributed by atoms with Gasteiger partial charge in [-0.15, -0.1) is 0 Å². The Labute approximate surface area is 105 Å². The van der Waals surface area contributed by atoms with E-state index >= 15 is 0 Å². The van der Waals surface area contributed by atoms with Crippen LogP contribution in [0.1, 0.15) is 10.4 Å². The molecule has 1 heterocycles. The molecule has 1 saturated heterocycles. The first kappa shape index (κ1) is 11.5. The summed E-state index contributed by atoms with van der Waals surface area (Å²) < 4.78 is 0.855. The van der Waals surface area contributed by atoms with Crippen LogP contribution in [0.25, 0.3) is 0 Å². The van der Waals surface area contributed by atoms with Gasteiger partial charge >= 0.3 is 6.03 Å². The largest absolute Gasteiger partial charge is 0.326 e. The van der Waals surface area contributed by atoms with Crippen LogP contribution in [0.3, 0.4) is 0 Å². The number of carbonyl (C=O) groups is 3. The predicted octanol–water partition coefficient (Wildman–Crippen LogP) is 1.36. The molecule has 0 radical (unpaired) electrons. The first-order chi connectivity index (χ1) is 8.06. The molecule has 3 amide bonds. The monoisotopic (exact) mass is 294 g/mol. The molecule has 1 aliphatic heterocycles. The van der Waals surface area contributed by atoms with E-state index in [0.29, 0.717) is 5.56 Å². The molecule has 0 spiro atoms. The fraction of sp³-hybridized carbons (Fsp3) is 0. The summed E-state index contributed by atoms with van der Waals surface area (Å²) in [6, 6.07) is 6.07. The summed E-state index contributed by atoms with van der Waals surface area (Å²) in [7, 11) is 0. The van der Waals surface area contributed by atoms with Gasteiger partial charge in [0.2, 0.25) is 0 Å². The van der Waals surface area contributed by atoms with Crippen LogP contribution >= 0.6 is 15.9 Å². The van der Waals surface area contributed by atoms with Gasteiger partial charge in [0.1, 0.15) is 5.70 Å². The molecule has 2 N–H and O–H groups in total. The molecule has 6 heteroatoms. The summed E-state index contributed by atoms with van der Waals surface area (Å²) in [5.41, 5.74) is 0.401. The Balaban J connectivity index is 2.22. The number of benzene rings is 1. The van der Waals surface area contributed by atoms with E-state index in [9.17, 15) is 14.4 Å². The van der Waals surface area contributed by atoms with Gasteiger partial charge in [-0.05, 0) is 24.3 Å². The number of amides is 3. The second-order valence-corrected chi connectivity index (χ2v) is 4.25. The molecule has 0 aliphatic carbocycles. The van der Waals surface area contributed by atoms with E-state index in [4.69, 9.17) is 0 Å². The third-order valence-corrected chi connectivity index (χ3v) is 2.65. The molecule has 86 valence electrons. The SMILES string of the molecule is O=C1NC(=O)/C(=C/C(=O)c2ccc(Br)cc2)N1. The van der Waals surface area contributed by atoms with Crippen molar-refractivity contribution in [3.63, 3.8) is 0 Å². The highest BCUT2D eigenvalue weighted by Crippen LogP contribution is 2.12. The molecule has 0 unspecified atom stereocenters. The van der Waals surface area contributed by atoms with Crippen molar-refractivity contribution in [3.8, 4) is 0 Å². The van der Waals surface area contributed by atoms with E-state index in [2.05, 4.69) is 21.2 Å². The van der Waals surface area contributed by atoms with Crippen LogP contribution in [0.4, 0.5) is 4.79 Å². The molecule has 5 nitrogen and oxygen atoms in total. The molecule has 0 bridgehead atoms. The number of rotatable bonds is 2. The summed E-state index contributed by atoms with van der Waals surface area (Å²) in [5.74, 6) is -0.940. The van der Waals surface area contributed by atoms with E-state index in [1.807, 2.05) is 5.32 Å². The van der Waals surface area contributed by atoms with Crippen LogP contribution in [0.2, 0.25) is 0 Å². The van der Waals surface area contributed by atoms with Gasteiger partial charge in [-0.3, -0.25) is 14.9 Å². The summed E-state index contributed by atoms with van der Waals surface area (Å²) in [6.07, 6.45) is 1.10. The third-order valence-electron chi connectivity index (χ3n) is 2.12. The summed E-state index contributed by atoms with van der Waals surface area (Å²) in [4.78, 5) is 33.7. The lowest BCUT2D eigenvalue weighted by molar-refractivity contribution is -0.115. The standard InChI is InChI=1S/C11H7BrN2O3/c12-7-3-1-6(2-4-7)9(15)5-8-10(16)14-11(17)13-8/h1-5H,(H2,13,14,16,17)/b8-5-. The molecule has 0 saturated carbocycles. The second kappa shape index (κ2) is 4.50. The Kier molecular flexibility index (Phi) is 3.06. The van der Waals surface area contributed by atoms with Gasteiger partial charge in [0.05, 0.1) is 0 Å². The fourth-order valence-corrected chi connectivity index (χ4v) is 1.58. The Morgan fingerprint density at radius 3 is 2.29 bits per heavy atom. The molecule has 17 heavy (non-hydrogen) atoms. The van der Waals surface area contributed by atoms with Crippen molar-refractivity contribution in [1.29, 1.82) is 0 Å². The van der Waals surface area contributed by atoms with Gasteiger partial charge < -0.3 is 5.32 Å². The normalized spacial score (nSPS) is 16.9. The van der Waals surface area contributed by atoms with Gasteiger partial charge in [0.25, 0.3) is 5.91 Å². The number of hydrogen-bond donors (Lipinski definition) is 2. The minimum atomic E-state index is -0.621. The van der Waals surface area contributed by atoms with Crippen molar-refractivity contribution in [3.05, 3.63) is 46.1 Å². The molecule has 0 atom stereocenters. The maximum Gasteiger partial charge on any atom is 0.326 e. The zero-order valence-corrected chi connectivity index (χ0v) is 10.1. The smallest absolute Gasteiger partial charge is 0.303 e. The number of imide groups is 1. The van der Waals surface area contributed by atoms with E-state index in [1.165, 1.54) is 0 Å². The lowest BCUT2D eigenvalue weighted by atomic mass is 10.1. The Morgan fingerprint density at radius 1 is 1.12 bits per heavy atom. The van der Waals surface area contributed by atoms with Gasteiger partial charge in [-0.2, -0.15) is 0 Å². The zero-order chi connectivity index (χ0) is 12.4. The Hall–Kier alpha value is -1.95. The quantitative estimate of drug-likeness (QED) is 0.491. The Bertz CT molecular complexity index is 534. The second-order valence-electron chi connectivity index (χ2n) is 3.34. The predicted molar refractivity (Wildman–Crippen MR) is 63.2 cm³/mol. The van der Waals surface area contributed by atoms with E-state index < -0.39 is 11.9 Å². The summed E-state index contributed by atoms with van der Waals surface area (Å²) in [5, 5.41) is 4.26. The molecule has 1 fully saturated rings. The van der Waals surface area contributed by atoms with Gasteiger partial charge in [0, 0.05) is 16.1 Å². The van der Waals surface area contributed by atoms with Gasteiger partial charge in [-0.1, -0.05) is 15.9 Å². The maximum atomic E-state index is 11.7. The molecule has 2 rings (SSSR count). The minimum Gasteiger partial charge on any atom is -0.303 e. The molecular formula is C11H7BrN2O3. The van der Waals surface area contributed by atoms with Gasteiger partial charge in [0.15, 0.2) is 5.78 Å². The van der Waals surface area contributed by atoms with E-state index in [0.717, 1.165) is 10.5 Å². The first-order valence-electron chi connectivity index (χ1n) is 4.70. The van der Waals surface area contributed by atoms with Crippen molar-refractivity contribution >= 4 is 33.7 Å². The Morgan fingerprint density at radius 2 is 1.76 bits per heavy atom. The number of allylic oxidation sites excluding steroid dienone is 1. The summed E-state index contributed by atoms with van der Waals surface area (Å²) in [6.45, 7) is 0. The number of urea groups is 1. The first-order valence-corrected chi connectivity index (χ1v) is 5.49. The lowest BCUT2D eigenvalue weighted by Gasteiger charge is -1.97.